The van der Waals surface area contributed by atoms with Gasteiger partial charge in [0.2, 0.25) is 0 Å². The Morgan fingerprint density at radius 1 is 1.43 bits per heavy atom. The molecule has 1 heterocycles. The Hall–Kier alpha value is -1.35. The number of nitrogens with two attached hydrogens (primary N) is 1. The average Bonchev–Trinajstić information content (AvgIpc) is 2.62. The first-order valence-electron chi connectivity index (χ1n) is 4.48. The van der Waals surface area contributed by atoms with E-state index in [0.717, 1.165) is 12.1 Å². The van der Waals surface area contributed by atoms with Crippen LogP contribution in [0.3, 0.4) is 0 Å². The van der Waals surface area contributed by atoms with Crippen molar-refractivity contribution in [1.82, 2.24) is 4.98 Å². The van der Waals surface area contributed by atoms with Gasteiger partial charge < -0.3 is 5.73 Å². The van der Waals surface area contributed by atoms with E-state index in [2.05, 4.69) is 17.1 Å². The van der Waals surface area contributed by atoms with Crippen LogP contribution in [0.4, 0.5) is 5.69 Å². The van der Waals surface area contributed by atoms with Crippen LogP contribution in [0.2, 0.25) is 0 Å². The molecule has 1 aromatic carbocycles. The second kappa shape index (κ2) is 3.80. The Kier molecular flexibility index (Phi) is 2.50. The summed E-state index contributed by atoms with van der Waals surface area (Å²) in [4.78, 5) is 5.29. The van der Waals surface area contributed by atoms with Gasteiger partial charge in [0.05, 0.1) is 5.51 Å². The molecule has 1 aromatic heterocycles. The van der Waals surface area contributed by atoms with Crippen LogP contribution in [0.25, 0.3) is 0 Å². The van der Waals surface area contributed by atoms with Crippen LogP contribution in [0.15, 0.2) is 29.9 Å². The third kappa shape index (κ3) is 1.93. The molecule has 0 radical (unpaired) electrons. The maximum Gasteiger partial charge on any atom is 0.0794 e. The van der Waals surface area contributed by atoms with Crippen molar-refractivity contribution >= 4 is 17.0 Å². The summed E-state index contributed by atoms with van der Waals surface area (Å²) >= 11 is 1.66. The van der Waals surface area contributed by atoms with E-state index < -0.39 is 0 Å². The fraction of sp³-hybridized carbons (Fsp3) is 0.182. The number of anilines is 1. The largest absolute Gasteiger partial charge is 0.398 e. The molecule has 2 nitrogen and oxygen atoms in total. The first-order valence-corrected chi connectivity index (χ1v) is 5.36. The number of hydrogen-bond donors (Lipinski definition) is 1. The Bertz CT molecular complexity index is 421. The van der Waals surface area contributed by atoms with Crippen LogP contribution in [0, 0.1) is 6.92 Å². The van der Waals surface area contributed by atoms with E-state index in [1.807, 2.05) is 24.7 Å². The molecule has 0 unspecified atom stereocenters. The Morgan fingerprint density at radius 2 is 2.29 bits per heavy atom. The lowest BCUT2D eigenvalue weighted by molar-refractivity contribution is 1.21. The van der Waals surface area contributed by atoms with Crippen molar-refractivity contribution in [2.45, 2.75) is 13.3 Å². The number of thiazole rings is 1. The van der Waals surface area contributed by atoms with Crippen molar-refractivity contribution < 1.29 is 0 Å². The zero-order chi connectivity index (χ0) is 9.97. The highest BCUT2D eigenvalue weighted by Gasteiger charge is 2.01. The van der Waals surface area contributed by atoms with Gasteiger partial charge in [-0.1, -0.05) is 12.1 Å². The number of nitrogen functional groups attached to an aromatic ring is 1. The Morgan fingerprint density at radius 3 is 2.93 bits per heavy atom. The second-order valence-electron chi connectivity index (χ2n) is 3.35. The standard InChI is InChI=1S/C11H12N2S/c1-8-2-3-9(11(12)4-8)5-10-6-13-7-14-10/h2-4,6-7H,5,12H2,1H3. The SMILES string of the molecule is Cc1ccc(Cc2cncs2)c(N)c1. The smallest absolute Gasteiger partial charge is 0.0794 e. The van der Waals surface area contributed by atoms with Crippen LogP contribution in [0.5, 0.6) is 0 Å². The molecule has 0 atom stereocenters. The predicted molar refractivity (Wildman–Crippen MR) is 60.5 cm³/mol. The molecule has 0 saturated carbocycles. The molecule has 3 heteroatoms. The van der Waals surface area contributed by atoms with Crippen molar-refractivity contribution in [1.29, 1.82) is 0 Å². The third-order valence-corrected chi connectivity index (χ3v) is 2.93. The van der Waals surface area contributed by atoms with E-state index in [4.69, 9.17) is 5.73 Å². The summed E-state index contributed by atoms with van der Waals surface area (Å²) in [6.07, 6.45) is 2.78. The molecule has 72 valence electrons. The zero-order valence-corrected chi connectivity index (χ0v) is 8.84. The maximum absolute atomic E-state index is 5.92. The monoisotopic (exact) mass is 204 g/mol. The van der Waals surface area contributed by atoms with Crippen LogP contribution < -0.4 is 5.73 Å². The van der Waals surface area contributed by atoms with E-state index in [9.17, 15) is 0 Å². The summed E-state index contributed by atoms with van der Waals surface area (Å²) < 4.78 is 0. The van der Waals surface area contributed by atoms with E-state index in [1.165, 1.54) is 16.0 Å². The topological polar surface area (TPSA) is 38.9 Å². The Labute approximate surface area is 87.4 Å². The van der Waals surface area contributed by atoms with Gasteiger partial charge in [0.15, 0.2) is 0 Å². The molecule has 2 rings (SSSR count). The average molecular weight is 204 g/mol. The molecule has 0 fully saturated rings. The molecule has 0 aliphatic heterocycles. The Balaban J connectivity index is 2.25. The van der Waals surface area contributed by atoms with Crippen molar-refractivity contribution in [3.8, 4) is 0 Å². The molecular formula is C11H12N2S. The molecule has 2 N–H and O–H groups in total. The fourth-order valence-electron chi connectivity index (χ4n) is 1.39. The van der Waals surface area contributed by atoms with Crippen molar-refractivity contribution in [2.24, 2.45) is 0 Å². The second-order valence-corrected chi connectivity index (χ2v) is 4.32. The molecule has 14 heavy (non-hydrogen) atoms. The van der Waals surface area contributed by atoms with Gasteiger partial charge in [-0.05, 0) is 24.1 Å². The van der Waals surface area contributed by atoms with Gasteiger partial charge in [-0.2, -0.15) is 0 Å². The van der Waals surface area contributed by atoms with Gasteiger partial charge in [0.25, 0.3) is 0 Å². The van der Waals surface area contributed by atoms with E-state index in [1.54, 1.807) is 11.3 Å². The number of aromatic nitrogens is 1. The summed E-state index contributed by atoms with van der Waals surface area (Å²) in [5.74, 6) is 0. The lowest BCUT2D eigenvalue weighted by atomic mass is 10.1. The van der Waals surface area contributed by atoms with Crippen LogP contribution in [-0.2, 0) is 6.42 Å². The minimum atomic E-state index is 0.874. The lowest BCUT2D eigenvalue weighted by Crippen LogP contribution is -1.94. The molecule has 2 aromatic rings. The molecule has 0 spiro atoms. The van der Waals surface area contributed by atoms with Gasteiger partial charge in [0.1, 0.15) is 0 Å². The van der Waals surface area contributed by atoms with Crippen LogP contribution in [-0.4, -0.2) is 4.98 Å². The summed E-state index contributed by atoms with van der Waals surface area (Å²) in [6.45, 7) is 2.05. The molecule has 0 bridgehead atoms. The first-order chi connectivity index (χ1) is 6.75. The van der Waals surface area contributed by atoms with E-state index >= 15 is 0 Å². The molecule has 0 amide bonds. The summed E-state index contributed by atoms with van der Waals surface area (Å²) in [5.41, 5.74) is 11.0. The molecule has 0 aliphatic carbocycles. The molecule has 0 saturated heterocycles. The summed E-state index contributed by atoms with van der Waals surface area (Å²) in [5, 5.41) is 0. The highest BCUT2D eigenvalue weighted by Crippen LogP contribution is 2.19. The van der Waals surface area contributed by atoms with Crippen LogP contribution in [0.1, 0.15) is 16.0 Å². The third-order valence-electron chi connectivity index (χ3n) is 2.15. The number of hydrogen-bond acceptors (Lipinski definition) is 3. The number of rotatable bonds is 2. The highest BCUT2D eigenvalue weighted by molar-refractivity contribution is 7.09. The van der Waals surface area contributed by atoms with Gasteiger partial charge in [-0.25, -0.2) is 0 Å². The van der Waals surface area contributed by atoms with Crippen LogP contribution >= 0.6 is 11.3 Å². The van der Waals surface area contributed by atoms with Crippen molar-refractivity contribution in [3.05, 3.63) is 45.9 Å². The molecule has 0 aliphatic rings. The number of nitrogens with zero attached hydrogens (tertiary/aromatic N) is 1. The molecular weight excluding hydrogens is 192 g/mol. The van der Waals surface area contributed by atoms with Gasteiger partial charge in [-0.3, -0.25) is 4.98 Å². The fourth-order valence-corrected chi connectivity index (χ4v) is 2.01. The summed E-state index contributed by atoms with van der Waals surface area (Å²) in [6, 6.07) is 6.19. The predicted octanol–water partition coefficient (Wildman–Crippen LogP) is 2.62. The normalized spacial score (nSPS) is 10.4. The highest BCUT2D eigenvalue weighted by atomic mass is 32.1. The minimum Gasteiger partial charge on any atom is -0.398 e. The first kappa shape index (κ1) is 9.21. The quantitative estimate of drug-likeness (QED) is 0.764. The van der Waals surface area contributed by atoms with Gasteiger partial charge >= 0.3 is 0 Å². The van der Waals surface area contributed by atoms with Crippen molar-refractivity contribution in [2.75, 3.05) is 5.73 Å². The van der Waals surface area contributed by atoms with Crippen molar-refractivity contribution in [3.63, 3.8) is 0 Å². The minimum absolute atomic E-state index is 0.874. The van der Waals surface area contributed by atoms with Gasteiger partial charge in [-0.15, -0.1) is 11.3 Å². The number of benzene rings is 1. The maximum atomic E-state index is 5.92. The van der Waals surface area contributed by atoms with E-state index in [0.29, 0.717) is 0 Å². The lowest BCUT2D eigenvalue weighted by Gasteiger charge is -2.04. The summed E-state index contributed by atoms with van der Waals surface area (Å²) in [7, 11) is 0. The number of aryl methyl sites for hydroxylation is 1. The van der Waals surface area contributed by atoms with Gasteiger partial charge in [0, 0.05) is 23.2 Å². The van der Waals surface area contributed by atoms with E-state index in [-0.39, 0.29) is 0 Å². The zero-order valence-electron chi connectivity index (χ0n) is 8.03.